The van der Waals surface area contributed by atoms with E-state index in [1.807, 2.05) is 0 Å². The van der Waals surface area contributed by atoms with Gasteiger partial charge in [0.25, 0.3) is 0 Å². The van der Waals surface area contributed by atoms with Crippen molar-refractivity contribution >= 4 is 11.8 Å². The van der Waals surface area contributed by atoms with Gasteiger partial charge in [-0.3, -0.25) is 0 Å². The van der Waals surface area contributed by atoms with Crippen molar-refractivity contribution in [1.29, 1.82) is 0 Å². The number of rotatable bonds is 5. The van der Waals surface area contributed by atoms with Crippen LogP contribution in [0.2, 0.25) is 0 Å². The molecule has 15 heavy (non-hydrogen) atoms. The third-order valence-electron chi connectivity index (χ3n) is 2.86. The van der Waals surface area contributed by atoms with Crippen LogP contribution >= 0.6 is 11.8 Å². The molecule has 0 heterocycles. The zero-order valence-electron chi connectivity index (χ0n) is 9.12. The fraction of sp³-hybridized carbons (Fsp3) is 0.500. The smallest absolute Gasteiger partial charge is 0.0282 e. The molecule has 0 spiro atoms. The molecule has 0 amide bonds. The highest BCUT2D eigenvalue weighted by Gasteiger charge is 2.37. The van der Waals surface area contributed by atoms with Gasteiger partial charge in [0.15, 0.2) is 0 Å². The predicted molar refractivity (Wildman–Crippen MR) is 66.1 cm³/mol. The number of hydrogen-bond acceptors (Lipinski definition) is 3. The van der Waals surface area contributed by atoms with Gasteiger partial charge in [-0.05, 0) is 36.8 Å². The lowest BCUT2D eigenvalue weighted by atomic mass is 10.2. The van der Waals surface area contributed by atoms with E-state index in [2.05, 4.69) is 35.8 Å². The maximum Gasteiger partial charge on any atom is 0.0282 e. The average molecular weight is 222 g/mol. The second kappa shape index (κ2) is 4.56. The Bertz CT molecular complexity index is 317. The van der Waals surface area contributed by atoms with E-state index in [4.69, 9.17) is 5.73 Å². The molecule has 1 aromatic carbocycles. The van der Waals surface area contributed by atoms with Gasteiger partial charge in [-0.15, -0.1) is 11.8 Å². The van der Waals surface area contributed by atoms with Crippen molar-refractivity contribution in [2.75, 3.05) is 12.8 Å². The van der Waals surface area contributed by atoms with Crippen molar-refractivity contribution in [3.05, 3.63) is 29.8 Å². The number of nitrogens with two attached hydrogens (primary N) is 1. The lowest BCUT2D eigenvalue weighted by Crippen LogP contribution is -2.35. The van der Waals surface area contributed by atoms with Gasteiger partial charge in [0, 0.05) is 23.5 Å². The Kier molecular flexibility index (Phi) is 3.34. The van der Waals surface area contributed by atoms with E-state index in [1.54, 1.807) is 11.8 Å². The molecule has 1 aliphatic carbocycles. The molecule has 0 saturated heterocycles. The number of hydrogen-bond donors (Lipinski definition) is 2. The first kappa shape index (κ1) is 11.0. The lowest BCUT2D eigenvalue weighted by molar-refractivity contribution is 0.569. The number of thioether (sulfide) groups is 1. The lowest BCUT2D eigenvalue weighted by Gasteiger charge is -2.10. The molecule has 0 unspecified atom stereocenters. The quantitative estimate of drug-likeness (QED) is 0.748. The van der Waals surface area contributed by atoms with Crippen molar-refractivity contribution in [3.8, 4) is 0 Å². The molecule has 3 heteroatoms. The van der Waals surface area contributed by atoms with Crippen LogP contribution in [0.4, 0.5) is 0 Å². The SMILES string of the molecule is CSc1ccc(CNCC2(N)CC2)cc1. The summed E-state index contributed by atoms with van der Waals surface area (Å²) in [6.07, 6.45) is 4.44. The second-order valence-electron chi connectivity index (χ2n) is 4.31. The molecule has 1 saturated carbocycles. The summed E-state index contributed by atoms with van der Waals surface area (Å²) in [6, 6.07) is 8.68. The summed E-state index contributed by atoms with van der Waals surface area (Å²) in [5.74, 6) is 0. The fourth-order valence-electron chi connectivity index (χ4n) is 1.54. The first-order valence-electron chi connectivity index (χ1n) is 5.34. The van der Waals surface area contributed by atoms with Gasteiger partial charge in [-0.1, -0.05) is 12.1 Å². The highest BCUT2D eigenvalue weighted by Crippen LogP contribution is 2.31. The zero-order valence-corrected chi connectivity index (χ0v) is 9.94. The zero-order chi connectivity index (χ0) is 10.7. The van der Waals surface area contributed by atoms with Gasteiger partial charge in [0.1, 0.15) is 0 Å². The molecule has 2 nitrogen and oxygen atoms in total. The van der Waals surface area contributed by atoms with Gasteiger partial charge in [0.2, 0.25) is 0 Å². The Morgan fingerprint density at radius 2 is 2.00 bits per heavy atom. The molecule has 0 bridgehead atoms. The molecule has 82 valence electrons. The van der Waals surface area contributed by atoms with Crippen molar-refractivity contribution in [2.45, 2.75) is 29.8 Å². The largest absolute Gasteiger partial charge is 0.324 e. The summed E-state index contributed by atoms with van der Waals surface area (Å²) in [4.78, 5) is 1.32. The van der Waals surface area contributed by atoms with Crippen molar-refractivity contribution in [2.24, 2.45) is 5.73 Å². The van der Waals surface area contributed by atoms with Crippen LogP contribution < -0.4 is 11.1 Å². The number of nitrogens with one attached hydrogen (secondary N) is 1. The van der Waals surface area contributed by atoms with E-state index in [1.165, 1.54) is 23.3 Å². The Balaban J connectivity index is 1.77. The molecule has 0 atom stereocenters. The molecule has 2 rings (SSSR count). The highest BCUT2D eigenvalue weighted by atomic mass is 32.2. The van der Waals surface area contributed by atoms with Crippen LogP contribution in [0.1, 0.15) is 18.4 Å². The first-order chi connectivity index (χ1) is 7.22. The maximum absolute atomic E-state index is 5.99. The van der Waals surface area contributed by atoms with E-state index >= 15 is 0 Å². The van der Waals surface area contributed by atoms with E-state index < -0.39 is 0 Å². The summed E-state index contributed by atoms with van der Waals surface area (Å²) in [5.41, 5.74) is 7.43. The van der Waals surface area contributed by atoms with E-state index in [0.717, 1.165) is 13.1 Å². The minimum Gasteiger partial charge on any atom is -0.324 e. The fourth-order valence-corrected chi connectivity index (χ4v) is 1.94. The minimum atomic E-state index is 0.110. The Morgan fingerprint density at radius 3 is 2.53 bits per heavy atom. The maximum atomic E-state index is 5.99. The summed E-state index contributed by atoms with van der Waals surface area (Å²) >= 11 is 1.78. The van der Waals surface area contributed by atoms with Crippen molar-refractivity contribution in [3.63, 3.8) is 0 Å². The third-order valence-corrected chi connectivity index (χ3v) is 3.60. The molecule has 1 fully saturated rings. The Labute approximate surface area is 95.6 Å². The van der Waals surface area contributed by atoms with Crippen LogP contribution in [0.15, 0.2) is 29.2 Å². The standard InChI is InChI=1S/C12H18N2S/c1-15-11-4-2-10(3-5-11)8-14-9-12(13)6-7-12/h2-5,14H,6-9,13H2,1H3. The van der Waals surface area contributed by atoms with Crippen LogP contribution in [-0.2, 0) is 6.54 Å². The summed E-state index contributed by atoms with van der Waals surface area (Å²) in [6.45, 7) is 1.87. The molecular weight excluding hydrogens is 204 g/mol. The highest BCUT2D eigenvalue weighted by molar-refractivity contribution is 7.98. The Hall–Kier alpha value is -0.510. The average Bonchev–Trinajstić information content (AvgIpc) is 2.98. The molecule has 0 aliphatic heterocycles. The molecule has 0 radical (unpaired) electrons. The molecular formula is C12H18N2S. The van der Waals surface area contributed by atoms with Gasteiger partial charge < -0.3 is 11.1 Å². The van der Waals surface area contributed by atoms with Gasteiger partial charge >= 0.3 is 0 Å². The van der Waals surface area contributed by atoms with Crippen LogP contribution in [0, 0.1) is 0 Å². The summed E-state index contributed by atoms with van der Waals surface area (Å²) in [5, 5.41) is 3.41. The van der Waals surface area contributed by atoms with E-state index in [0.29, 0.717) is 0 Å². The third kappa shape index (κ3) is 3.23. The number of benzene rings is 1. The molecule has 0 aromatic heterocycles. The van der Waals surface area contributed by atoms with Crippen LogP contribution in [0.3, 0.4) is 0 Å². The molecule has 1 aliphatic rings. The second-order valence-corrected chi connectivity index (χ2v) is 5.19. The summed E-state index contributed by atoms with van der Waals surface area (Å²) in [7, 11) is 0. The van der Waals surface area contributed by atoms with E-state index in [9.17, 15) is 0 Å². The Morgan fingerprint density at radius 1 is 1.33 bits per heavy atom. The van der Waals surface area contributed by atoms with Gasteiger partial charge in [0.05, 0.1) is 0 Å². The monoisotopic (exact) mass is 222 g/mol. The van der Waals surface area contributed by atoms with Crippen LogP contribution in [-0.4, -0.2) is 18.3 Å². The summed E-state index contributed by atoms with van der Waals surface area (Å²) < 4.78 is 0. The van der Waals surface area contributed by atoms with Gasteiger partial charge in [-0.25, -0.2) is 0 Å². The normalized spacial score (nSPS) is 17.7. The van der Waals surface area contributed by atoms with Gasteiger partial charge in [-0.2, -0.15) is 0 Å². The molecule has 3 N–H and O–H groups in total. The topological polar surface area (TPSA) is 38.0 Å². The predicted octanol–water partition coefficient (Wildman–Crippen LogP) is 1.99. The van der Waals surface area contributed by atoms with Crippen molar-refractivity contribution in [1.82, 2.24) is 5.32 Å². The molecule has 1 aromatic rings. The van der Waals surface area contributed by atoms with Crippen LogP contribution in [0.25, 0.3) is 0 Å². The minimum absolute atomic E-state index is 0.110. The van der Waals surface area contributed by atoms with Crippen LogP contribution in [0.5, 0.6) is 0 Å². The van der Waals surface area contributed by atoms with E-state index in [-0.39, 0.29) is 5.54 Å². The first-order valence-corrected chi connectivity index (χ1v) is 6.57. The van der Waals surface area contributed by atoms with Crippen molar-refractivity contribution < 1.29 is 0 Å².